The highest BCUT2D eigenvalue weighted by atomic mass is 28.4. The maximum atomic E-state index is 6.69. The molecule has 4 nitrogen and oxygen atoms in total. The van der Waals surface area contributed by atoms with Crippen molar-refractivity contribution in [1.82, 2.24) is 0 Å². The zero-order valence-corrected chi connectivity index (χ0v) is 18.6. The summed E-state index contributed by atoms with van der Waals surface area (Å²) in [6, 6.07) is 11.5. The molecule has 0 amide bonds. The van der Waals surface area contributed by atoms with Crippen LogP contribution >= 0.6 is 0 Å². The number of benzene rings is 1. The topological polar surface area (TPSA) is 36.9 Å². The first kappa shape index (κ1) is 22.1. The van der Waals surface area contributed by atoms with Gasteiger partial charge in [-0.25, -0.2) is 0 Å². The first-order valence-corrected chi connectivity index (χ1v) is 12.7. The smallest absolute Gasteiger partial charge is 0.192 e. The summed E-state index contributed by atoms with van der Waals surface area (Å²) in [6.07, 6.45) is 4.49. The Morgan fingerprint density at radius 1 is 0.963 bits per heavy atom. The van der Waals surface area contributed by atoms with Crippen LogP contribution in [0.1, 0.15) is 39.2 Å². The van der Waals surface area contributed by atoms with Crippen molar-refractivity contribution in [3.05, 3.63) is 41.5 Å². The van der Waals surface area contributed by atoms with Gasteiger partial charge in [-0.2, -0.15) is 0 Å². The zero-order chi connectivity index (χ0) is 19.7. The van der Waals surface area contributed by atoms with Gasteiger partial charge in [0.2, 0.25) is 0 Å². The van der Waals surface area contributed by atoms with E-state index in [1.807, 2.05) is 24.3 Å². The van der Waals surface area contributed by atoms with Crippen LogP contribution in [0.2, 0.25) is 18.1 Å². The summed E-state index contributed by atoms with van der Waals surface area (Å²) in [7, 11) is 1.85. The van der Waals surface area contributed by atoms with Gasteiger partial charge in [0.05, 0.1) is 26.4 Å². The van der Waals surface area contributed by atoms with Gasteiger partial charge < -0.3 is 18.6 Å². The van der Waals surface area contributed by atoms with Gasteiger partial charge in [0, 0.05) is 7.11 Å². The molecule has 0 aromatic heterocycles. The van der Waals surface area contributed by atoms with Crippen molar-refractivity contribution in [2.24, 2.45) is 0 Å². The van der Waals surface area contributed by atoms with E-state index in [0.717, 1.165) is 24.2 Å². The molecular formula is C22H36O4Si. The zero-order valence-electron chi connectivity index (χ0n) is 17.6. The molecule has 1 aliphatic carbocycles. The molecule has 0 saturated heterocycles. The SMILES string of the molecule is CC[Si](CC)(CC)O[C@@H]1CCC(COCc2ccc(OC)cc2)=C[C@@H]1OC. The molecule has 2 atom stereocenters. The summed E-state index contributed by atoms with van der Waals surface area (Å²) < 4.78 is 23.6. The number of hydrogen-bond donors (Lipinski definition) is 0. The lowest BCUT2D eigenvalue weighted by Crippen LogP contribution is -2.45. The van der Waals surface area contributed by atoms with Crippen molar-refractivity contribution in [3.8, 4) is 5.75 Å². The molecule has 0 N–H and O–H groups in total. The van der Waals surface area contributed by atoms with E-state index >= 15 is 0 Å². The van der Waals surface area contributed by atoms with Gasteiger partial charge >= 0.3 is 0 Å². The Labute approximate surface area is 166 Å². The van der Waals surface area contributed by atoms with Crippen LogP contribution in [-0.4, -0.2) is 41.4 Å². The molecule has 1 aromatic carbocycles. The first-order chi connectivity index (χ1) is 13.1. The molecule has 0 aliphatic heterocycles. The first-order valence-electron chi connectivity index (χ1n) is 10.2. The molecular weight excluding hydrogens is 356 g/mol. The molecule has 2 rings (SSSR count). The van der Waals surface area contributed by atoms with Gasteiger partial charge in [-0.05, 0) is 54.2 Å². The van der Waals surface area contributed by atoms with Crippen LogP contribution in [0.25, 0.3) is 0 Å². The van der Waals surface area contributed by atoms with E-state index in [-0.39, 0.29) is 12.2 Å². The van der Waals surface area contributed by atoms with Crippen LogP contribution in [-0.2, 0) is 20.5 Å². The summed E-state index contributed by atoms with van der Waals surface area (Å²) in [5, 5.41) is 0. The normalized spacial score (nSPS) is 20.4. The average molecular weight is 393 g/mol. The van der Waals surface area contributed by atoms with E-state index in [0.29, 0.717) is 13.2 Å². The van der Waals surface area contributed by atoms with Crippen molar-refractivity contribution >= 4 is 8.32 Å². The van der Waals surface area contributed by atoms with E-state index in [1.54, 1.807) is 14.2 Å². The fourth-order valence-electron chi connectivity index (χ4n) is 3.72. The second-order valence-electron chi connectivity index (χ2n) is 7.30. The number of ether oxygens (including phenoxy) is 3. The Morgan fingerprint density at radius 3 is 2.19 bits per heavy atom. The Bertz CT molecular complexity index is 572. The molecule has 1 aromatic rings. The maximum absolute atomic E-state index is 6.69. The van der Waals surface area contributed by atoms with Gasteiger partial charge in [0.15, 0.2) is 8.32 Å². The minimum atomic E-state index is -1.61. The van der Waals surface area contributed by atoms with Crippen LogP contribution < -0.4 is 4.74 Å². The van der Waals surface area contributed by atoms with Gasteiger partial charge in [-0.15, -0.1) is 0 Å². The summed E-state index contributed by atoms with van der Waals surface area (Å²) in [4.78, 5) is 0. The third-order valence-electron chi connectivity index (χ3n) is 5.84. The summed E-state index contributed by atoms with van der Waals surface area (Å²) in [6.45, 7) is 8.08. The number of rotatable bonds is 11. The molecule has 0 unspecified atom stereocenters. The fourth-order valence-corrected chi connectivity index (χ4v) is 6.62. The molecule has 1 aliphatic rings. The molecule has 0 bridgehead atoms. The Balaban J connectivity index is 1.89. The Hall–Kier alpha value is -1.14. The molecule has 152 valence electrons. The van der Waals surface area contributed by atoms with E-state index in [9.17, 15) is 0 Å². The number of hydrogen-bond acceptors (Lipinski definition) is 4. The van der Waals surface area contributed by atoms with Crippen molar-refractivity contribution < 1.29 is 18.6 Å². The van der Waals surface area contributed by atoms with Crippen molar-refractivity contribution in [1.29, 1.82) is 0 Å². The van der Waals surface area contributed by atoms with E-state index in [4.69, 9.17) is 18.6 Å². The second kappa shape index (κ2) is 11.0. The minimum Gasteiger partial charge on any atom is -0.497 e. The van der Waals surface area contributed by atoms with Gasteiger partial charge in [0.1, 0.15) is 11.9 Å². The predicted molar refractivity (Wildman–Crippen MR) is 113 cm³/mol. The fraction of sp³-hybridized carbons (Fsp3) is 0.636. The maximum Gasteiger partial charge on any atom is 0.192 e. The highest BCUT2D eigenvalue weighted by molar-refractivity contribution is 6.73. The second-order valence-corrected chi connectivity index (χ2v) is 12.0. The summed E-state index contributed by atoms with van der Waals surface area (Å²) >= 11 is 0. The molecule has 0 saturated carbocycles. The molecule has 0 spiro atoms. The molecule has 0 radical (unpaired) electrons. The Morgan fingerprint density at radius 2 is 1.63 bits per heavy atom. The van der Waals surface area contributed by atoms with Crippen LogP contribution in [0.3, 0.4) is 0 Å². The Kier molecular flexibility index (Phi) is 9.03. The van der Waals surface area contributed by atoms with Gasteiger partial charge in [-0.1, -0.05) is 39.0 Å². The third-order valence-corrected chi connectivity index (χ3v) is 10.5. The predicted octanol–water partition coefficient (Wildman–Crippen LogP) is 5.34. The van der Waals surface area contributed by atoms with E-state index in [2.05, 4.69) is 26.8 Å². The van der Waals surface area contributed by atoms with Crippen LogP contribution in [0, 0.1) is 0 Å². The molecule has 0 heterocycles. The molecule has 0 fully saturated rings. The van der Waals surface area contributed by atoms with Crippen LogP contribution in [0.5, 0.6) is 5.75 Å². The van der Waals surface area contributed by atoms with E-state index in [1.165, 1.54) is 23.7 Å². The minimum absolute atomic E-state index is 0.0369. The average Bonchev–Trinajstić information content (AvgIpc) is 2.73. The van der Waals surface area contributed by atoms with Crippen molar-refractivity contribution in [3.63, 3.8) is 0 Å². The summed E-state index contributed by atoms with van der Waals surface area (Å²) in [5.41, 5.74) is 2.47. The lowest BCUT2D eigenvalue weighted by Gasteiger charge is -2.38. The number of methoxy groups -OCH3 is 2. The highest BCUT2D eigenvalue weighted by Crippen LogP contribution is 2.30. The monoisotopic (exact) mass is 392 g/mol. The lowest BCUT2D eigenvalue weighted by atomic mass is 9.95. The van der Waals surface area contributed by atoms with Crippen molar-refractivity contribution in [2.75, 3.05) is 20.8 Å². The lowest BCUT2D eigenvalue weighted by molar-refractivity contribution is 0.0132. The molecule has 27 heavy (non-hydrogen) atoms. The summed E-state index contributed by atoms with van der Waals surface area (Å²) in [5.74, 6) is 0.869. The van der Waals surface area contributed by atoms with Crippen molar-refractivity contribution in [2.45, 2.75) is 70.6 Å². The third kappa shape index (κ3) is 6.18. The van der Waals surface area contributed by atoms with Gasteiger partial charge in [0.25, 0.3) is 0 Å². The van der Waals surface area contributed by atoms with Crippen LogP contribution in [0.4, 0.5) is 0 Å². The van der Waals surface area contributed by atoms with Crippen LogP contribution in [0.15, 0.2) is 35.9 Å². The quantitative estimate of drug-likeness (QED) is 0.376. The highest BCUT2D eigenvalue weighted by Gasteiger charge is 2.36. The standard InChI is InChI=1S/C22H36O4Si/c1-6-27(7-2,8-3)26-21-14-11-19(15-22(21)24-5)17-25-16-18-9-12-20(23-4)13-10-18/h9-10,12-13,15,21-22H,6-8,11,14,16-17H2,1-5H3/t21-,22+/m1/s1. The molecule has 5 heteroatoms. The largest absolute Gasteiger partial charge is 0.497 e. The van der Waals surface area contributed by atoms with E-state index < -0.39 is 8.32 Å². The van der Waals surface area contributed by atoms with Gasteiger partial charge in [-0.3, -0.25) is 0 Å².